The summed E-state index contributed by atoms with van der Waals surface area (Å²) < 4.78 is 0. The van der Waals surface area contributed by atoms with Crippen molar-refractivity contribution in [3.8, 4) is 11.5 Å². The lowest BCUT2D eigenvalue weighted by Crippen LogP contribution is -1.92. The fraction of sp³-hybridized carbons (Fsp3) is 0. The Bertz CT molecular complexity index is 396. The van der Waals surface area contributed by atoms with Crippen molar-refractivity contribution in [2.24, 2.45) is 5.16 Å². The molecule has 0 amide bonds. The summed E-state index contributed by atoms with van der Waals surface area (Å²) in [5.41, 5.74) is 0.674. The first kappa shape index (κ1) is 7.67. The Hall–Kier alpha value is -1.97. The van der Waals surface area contributed by atoms with Crippen molar-refractivity contribution in [2.45, 2.75) is 0 Å². The van der Waals surface area contributed by atoms with Crippen molar-refractivity contribution in [1.29, 1.82) is 0 Å². The molecule has 2 rings (SSSR count). The van der Waals surface area contributed by atoms with Gasteiger partial charge in [-0.15, -0.1) is 0 Å². The van der Waals surface area contributed by atoms with Crippen LogP contribution in [0.2, 0.25) is 0 Å². The third-order valence-corrected chi connectivity index (χ3v) is 1.67. The lowest BCUT2D eigenvalue weighted by atomic mass is 10.2. The maximum absolute atomic E-state index is 9.36. The van der Waals surface area contributed by atoms with E-state index >= 15 is 0 Å². The number of oxime groups is 1. The van der Waals surface area contributed by atoms with E-state index in [0.717, 1.165) is 0 Å². The number of phenolic OH excluding ortho intramolecular Hbond substituents is 1. The second-order valence-electron chi connectivity index (χ2n) is 2.57. The maximum atomic E-state index is 9.36. The zero-order chi connectivity index (χ0) is 9.26. The van der Waals surface area contributed by atoms with E-state index in [4.69, 9.17) is 9.94 Å². The fourth-order valence-corrected chi connectivity index (χ4v) is 1.06. The minimum atomic E-state index is -0.226. The first-order chi connectivity index (χ1) is 6.27. The minimum Gasteiger partial charge on any atom is -0.504 e. The summed E-state index contributed by atoms with van der Waals surface area (Å²) in [6, 6.07) is 4.93. The molecule has 0 saturated carbocycles. The molecule has 4 heteroatoms. The number of aliphatic hydroxyl groups excluding tert-OH is 1. The van der Waals surface area contributed by atoms with Crippen molar-refractivity contribution >= 4 is 12.0 Å². The molecule has 66 valence electrons. The van der Waals surface area contributed by atoms with E-state index in [1.54, 1.807) is 18.2 Å². The molecule has 0 fully saturated rings. The summed E-state index contributed by atoms with van der Waals surface area (Å²) >= 11 is 0. The van der Waals surface area contributed by atoms with Crippen LogP contribution in [0.5, 0.6) is 11.5 Å². The number of aliphatic hydroxyl groups is 1. The van der Waals surface area contributed by atoms with Crippen LogP contribution in [0.25, 0.3) is 6.08 Å². The molecule has 0 atom stereocenters. The van der Waals surface area contributed by atoms with Crippen LogP contribution in [0.15, 0.2) is 29.4 Å². The van der Waals surface area contributed by atoms with E-state index < -0.39 is 0 Å². The van der Waals surface area contributed by atoms with E-state index in [1.807, 2.05) is 0 Å². The Balaban J connectivity index is 2.55. The van der Waals surface area contributed by atoms with Gasteiger partial charge in [0.15, 0.2) is 5.75 Å². The molecule has 1 heterocycles. The van der Waals surface area contributed by atoms with Gasteiger partial charge in [0.1, 0.15) is 0 Å². The third kappa shape index (κ3) is 1.33. The van der Waals surface area contributed by atoms with Gasteiger partial charge in [0.25, 0.3) is 0 Å². The van der Waals surface area contributed by atoms with Gasteiger partial charge < -0.3 is 15.1 Å². The van der Waals surface area contributed by atoms with Gasteiger partial charge >= 0.3 is 0 Å². The predicted octanol–water partition coefficient (Wildman–Crippen LogP) is 1.67. The molecule has 2 N–H and O–H groups in total. The summed E-state index contributed by atoms with van der Waals surface area (Å²) in [4.78, 5) is 4.82. The van der Waals surface area contributed by atoms with Crippen LogP contribution in [-0.2, 0) is 0 Å². The highest BCUT2D eigenvalue weighted by Crippen LogP contribution is 2.31. The molecule has 0 aromatic heterocycles. The van der Waals surface area contributed by atoms with Crippen LogP contribution in [0.1, 0.15) is 5.56 Å². The molecule has 4 nitrogen and oxygen atoms in total. The zero-order valence-corrected chi connectivity index (χ0v) is 6.64. The SMILES string of the molecule is OC1=NOc2c(O)cccc2C=C1. The van der Waals surface area contributed by atoms with Crippen molar-refractivity contribution in [2.75, 3.05) is 0 Å². The largest absolute Gasteiger partial charge is 0.504 e. The molecule has 0 radical (unpaired) electrons. The number of benzene rings is 1. The Morgan fingerprint density at radius 3 is 2.85 bits per heavy atom. The molecule has 0 bridgehead atoms. The van der Waals surface area contributed by atoms with Crippen LogP contribution in [0, 0.1) is 0 Å². The summed E-state index contributed by atoms with van der Waals surface area (Å²) in [5.74, 6) is 0.0269. The van der Waals surface area contributed by atoms with Crippen molar-refractivity contribution in [3.05, 3.63) is 29.8 Å². The summed E-state index contributed by atoms with van der Waals surface area (Å²) in [7, 11) is 0. The Kier molecular flexibility index (Phi) is 1.66. The van der Waals surface area contributed by atoms with Crippen molar-refractivity contribution in [1.82, 2.24) is 0 Å². The second kappa shape index (κ2) is 2.82. The lowest BCUT2D eigenvalue weighted by molar-refractivity contribution is 0.307. The predicted molar refractivity (Wildman–Crippen MR) is 47.8 cm³/mol. The molecule has 1 aliphatic rings. The van der Waals surface area contributed by atoms with Gasteiger partial charge in [-0.25, -0.2) is 0 Å². The highest BCUT2D eigenvalue weighted by atomic mass is 16.6. The molecule has 1 aromatic rings. The topological polar surface area (TPSA) is 62.1 Å². The molecule has 0 unspecified atom stereocenters. The molecular formula is C9H7NO3. The lowest BCUT2D eigenvalue weighted by Gasteiger charge is -2.02. The average Bonchev–Trinajstić information content (AvgIpc) is 2.30. The monoisotopic (exact) mass is 177 g/mol. The molecular weight excluding hydrogens is 170 g/mol. The normalized spacial score (nSPS) is 14.0. The van der Waals surface area contributed by atoms with Crippen molar-refractivity contribution in [3.63, 3.8) is 0 Å². The number of para-hydroxylation sites is 1. The highest BCUT2D eigenvalue weighted by molar-refractivity contribution is 5.91. The van der Waals surface area contributed by atoms with E-state index in [0.29, 0.717) is 5.56 Å². The van der Waals surface area contributed by atoms with Gasteiger partial charge in [-0.05, 0) is 17.3 Å². The molecule has 0 spiro atoms. The molecule has 13 heavy (non-hydrogen) atoms. The van der Waals surface area contributed by atoms with Gasteiger partial charge in [-0.1, -0.05) is 12.1 Å². The summed E-state index contributed by atoms with van der Waals surface area (Å²) in [5, 5.41) is 21.7. The van der Waals surface area contributed by atoms with Gasteiger partial charge in [-0.2, -0.15) is 0 Å². The van der Waals surface area contributed by atoms with Gasteiger partial charge in [0.2, 0.25) is 11.6 Å². The van der Waals surface area contributed by atoms with Crippen LogP contribution in [0.4, 0.5) is 0 Å². The average molecular weight is 177 g/mol. The van der Waals surface area contributed by atoms with Gasteiger partial charge in [0.05, 0.1) is 0 Å². The first-order valence-electron chi connectivity index (χ1n) is 3.71. The van der Waals surface area contributed by atoms with Crippen LogP contribution in [-0.4, -0.2) is 16.1 Å². The fourth-order valence-electron chi connectivity index (χ4n) is 1.06. The number of phenols is 1. The van der Waals surface area contributed by atoms with Crippen LogP contribution in [0.3, 0.4) is 0 Å². The Labute approximate surface area is 74.4 Å². The van der Waals surface area contributed by atoms with Crippen LogP contribution >= 0.6 is 0 Å². The Morgan fingerprint density at radius 1 is 1.15 bits per heavy atom. The van der Waals surface area contributed by atoms with E-state index in [1.165, 1.54) is 12.1 Å². The number of hydrogen-bond acceptors (Lipinski definition) is 3. The maximum Gasteiger partial charge on any atom is 0.248 e. The van der Waals surface area contributed by atoms with Crippen LogP contribution < -0.4 is 4.84 Å². The summed E-state index contributed by atoms with van der Waals surface area (Å²) in [6.45, 7) is 0. The minimum absolute atomic E-state index is 0.000556. The highest BCUT2D eigenvalue weighted by Gasteiger charge is 2.10. The van der Waals surface area contributed by atoms with Crippen molar-refractivity contribution < 1.29 is 15.1 Å². The zero-order valence-electron chi connectivity index (χ0n) is 6.64. The summed E-state index contributed by atoms with van der Waals surface area (Å²) in [6.07, 6.45) is 3.01. The van der Waals surface area contributed by atoms with E-state index in [-0.39, 0.29) is 17.4 Å². The molecule has 0 aliphatic carbocycles. The van der Waals surface area contributed by atoms with E-state index in [2.05, 4.69) is 5.16 Å². The smallest absolute Gasteiger partial charge is 0.248 e. The van der Waals surface area contributed by atoms with E-state index in [9.17, 15) is 5.11 Å². The standard InChI is InChI=1S/C9H7NO3/c11-7-3-1-2-6-4-5-8(12)10-13-9(6)7/h1-5,11H,(H,10,12). The van der Waals surface area contributed by atoms with Gasteiger partial charge in [0, 0.05) is 11.6 Å². The molecule has 1 aromatic carbocycles. The third-order valence-electron chi connectivity index (χ3n) is 1.67. The Morgan fingerprint density at radius 2 is 2.00 bits per heavy atom. The number of aromatic hydroxyl groups is 1. The molecule has 1 aliphatic heterocycles. The number of fused-ring (bicyclic) bond motifs is 1. The number of rotatable bonds is 0. The van der Waals surface area contributed by atoms with Gasteiger partial charge in [-0.3, -0.25) is 0 Å². The first-order valence-corrected chi connectivity index (χ1v) is 3.71. The molecule has 0 saturated heterocycles. The quantitative estimate of drug-likeness (QED) is 0.633. The number of hydrogen-bond donors (Lipinski definition) is 2. The second-order valence-corrected chi connectivity index (χ2v) is 2.57. The number of nitrogens with zero attached hydrogens (tertiary/aromatic N) is 1.